The molecule has 0 aliphatic heterocycles. The third-order valence-electron chi connectivity index (χ3n) is 5.24. The lowest BCUT2D eigenvalue weighted by atomic mass is 10.2. The fourth-order valence-electron chi connectivity index (χ4n) is 3.49. The van der Waals surface area contributed by atoms with Gasteiger partial charge in [0.05, 0.1) is 5.56 Å². The second kappa shape index (κ2) is 10.9. The largest absolute Gasteiger partial charge is 0.457 e. The molecule has 0 fully saturated rings. The van der Waals surface area contributed by atoms with E-state index in [9.17, 15) is 4.79 Å². The molecule has 6 nitrogen and oxygen atoms in total. The van der Waals surface area contributed by atoms with Crippen molar-refractivity contribution in [3.63, 3.8) is 0 Å². The van der Waals surface area contributed by atoms with Crippen LogP contribution in [0.3, 0.4) is 0 Å². The van der Waals surface area contributed by atoms with Crippen LogP contribution in [0.2, 0.25) is 0 Å². The molecule has 2 N–H and O–H groups in total. The number of pyridine rings is 1. The molecule has 4 aromatic carbocycles. The Kier molecular flexibility index (Phi) is 6.86. The van der Waals surface area contributed by atoms with E-state index in [2.05, 4.69) is 15.6 Å². The molecule has 0 radical (unpaired) electrons. The van der Waals surface area contributed by atoms with Crippen LogP contribution in [0.15, 0.2) is 128 Å². The first-order valence-corrected chi connectivity index (χ1v) is 11.4. The van der Waals surface area contributed by atoms with Crippen LogP contribution in [0, 0.1) is 0 Å². The first kappa shape index (κ1) is 22.7. The number of hydrogen-bond acceptors (Lipinski definition) is 5. The summed E-state index contributed by atoms with van der Waals surface area (Å²) in [6, 6.07) is 37.2. The number of nitrogens with one attached hydrogen (secondary N) is 2. The Morgan fingerprint density at radius 1 is 0.556 bits per heavy atom. The molecule has 1 heterocycles. The number of carbonyl (C=O) groups excluding carboxylic acids is 1. The minimum Gasteiger partial charge on any atom is -0.457 e. The van der Waals surface area contributed by atoms with Gasteiger partial charge in [-0.1, -0.05) is 36.4 Å². The highest BCUT2D eigenvalue weighted by molar-refractivity contribution is 6.07. The molecule has 0 atom stereocenters. The monoisotopic (exact) mass is 473 g/mol. The van der Waals surface area contributed by atoms with Gasteiger partial charge in [-0.25, -0.2) is 4.98 Å². The van der Waals surface area contributed by atoms with Gasteiger partial charge in [0, 0.05) is 17.6 Å². The maximum atomic E-state index is 13.0. The molecule has 0 saturated carbocycles. The van der Waals surface area contributed by atoms with Crippen LogP contribution < -0.4 is 20.1 Å². The van der Waals surface area contributed by atoms with Crippen molar-refractivity contribution in [3.05, 3.63) is 133 Å². The maximum absolute atomic E-state index is 13.0. The summed E-state index contributed by atoms with van der Waals surface area (Å²) in [7, 11) is 0. The molecule has 1 aromatic heterocycles. The predicted octanol–water partition coefficient (Wildman–Crippen LogP) is 7.66. The molecule has 1 amide bonds. The topological polar surface area (TPSA) is 72.5 Å². The summed E-state index contributed by atoms with van der Waals surface area (Å²) in [5, 5.41) is 6.14. The molecular weight excluding hydrogens is 450 g/mol. The van der Waals surface area contributed by atoms with E-state index in [0.717, 1.165) is 17.2 Å². The third kappa shape index (κ3) is 5.87. The summed E-state index contributed by atoms with van der Waals surface area (Å²) in [4.78, 5) is 17.4. The molecule has 5 aromatic rings. The van der Waals surface area contributed by atoms with Crippen molar-refractivity contribution in [2.45, 2.75) is 0 Å². The standard InChI is InChI=1S/C30H23N3O3/c34-30(33-23-15-19-27(20-16-23)36-25-10-5-2-6-11-25)28-12-7-21-31-29(28)32-22-13-17-26(18-14-22)35-24-8-3-1-4-9-24/h1-21H,(H,31,32)(H,33,34). The predicted molar refractivity (Wildman–Crippen MR) is 141 cm³/mol. The summed E-state index contributed by atoms with van der Waals surface area (Å²) in [6.45, 7) is 0. The Morgan fingerprint density at radius 2 is 1.06 bits per heavy atom. The maximum Gasteiger partial charge on any atom is 0.259 e. The van der Waals surface area contributed by atoms with Crippen LogP contribution in [-0.4, -0.2) is 10.9 Å². The van der Waals surface area contributed by atoms with Gasteiger partial charge in [-0.05, 0) is 84.9 Å². The second-order valence-electron chi connectivity index (χ2n) is 7.86. The van der Waals surface area contributed by atoms with E-state index in [4.69, 9.17) is 9.47 Å². The van der Waals surface area contributed by atoms with Gasteiger partial charge < -0.3 is 20.1 Å². The number of para-hydroxylation sites is 2. The average Bonchev–Trinajstić information content (AvgIpc) is 2.92. The van der Waals surface area contributed by atoms with Gasteiger partial charge in [-0.15, -0.1) is 0 Å². The van der Waals surface area contributed by atoms with E-state index in [1.165, 1.54) is 0 Å². The molecule has 36 heavy (non-hydrogen) atoms. The molecule has 0 aliphatic carbocycles. The summed E-state index contributed by atoms with van der Waals surface area (Å²) in [5.41, 5.74) is 1.86. The normalized spacial score (nSPS) is 10.3. The average molecular weight is 474 g/mol. The van der Waals surface area contributed by atoms with Crippen molar-refractivity contribution >= 4 is 23.1 Å². The fourth-order valence-corrected chi connectivity index (χ4v) is 3.49. The molecular formula is C30H23N3O3. The summed E-state index contributed by atoms with van der Waals surface area (Å²) in [5.74, 6) is 3.09. The SMILES string of the molecule is O=C(Nc1ccc(Oc2ccccc2)cc1)c1cccnc1Nc1ccc(Oc2ccccc2)cc1. The quantitative estimate of drug-likeness (QED) is 0.242. The smallest absolute Gasteiger partial charge is 0.259 e. The zero-order valence-electron chi connectivity index (χ0n) is 19.3. The van der Waals surface area contributed by atoms with Crippen LogP contribution in [0.1, 0.15) is 10.4 Å². The van der Waals surface area contributed by atoms with Crippen LogP contribution in [0.4, 0.5) is 17.2 Å². The number of aromatic nitrogens is 1. The van der Waals surface area contributed by atoms with Crippen molar-refractivity contribution in [2.75, 3.05) is 10.6 Å². The lowest BCUT2D eigenvalue weighted by Gasteiger charge is -2.12. The molecule has 0 unspecified atom stereocenters. The first-order chi connectivity index (χ1) is 17.7. The van der Waals surface area contributed by atoms with Crippen LogP contribution >= 0.6 is 0 Å². The van der Waals surface area contributed by atoms with E-state index < -0.39 is 0 Å². The fraction of sp³-hybridized carbons (Fsp3) is 0. The zero-order chi connectivity index (χ0) is 24.6. The lowest BCUT2D eigenvalue weighted by Crippen LogP contribution is -2.14. The van der Waals surface area contributed by atoms with Gasteiger partial charge in [0.2, 0.25) is 0 Å². The summed E-state index contributed by atoms with van der Waals surface area (Å²) < 4.78 is 11.6. The number of rotatable bonds is 8. The van der Waals surface area contributed by atoms with E-state index in [0.29, 0.717) is 28.6 Å². The second-order valence-corrected chi connectivity index (χ2v) is 7.86. The summed E-state index contributed by atoms with van der Waals surface area (Å²) in [6.07, 6.45) is 1.64. The number of ether oxygens (including phenoxy) is 2. The van der Waals surface area contributed by atoms with E-state index in [-0.39, 0.29) is 5.91 Å². The van der Waals surface area contributed by atoms with Crippen LogP contribution in [0.5, 0.6) is 23.0 Å². The highest BCUT2D eigenvalue weighted by Crippen LogP contribution is 2.26. The minimum absolute atomic E-state index is 0.272. The number of nitrogens with zero attached hydrogens (tertiary/aromatic N) is 1. The zero-order valence-corrected chi connectivity index (χ0v) is 19.3. The molecule has 0 saturated heterocycles. The highest BCUT2D eigenvalue weighted by atomic mass is 16.5. The lowest BCUT2D eigenvalue weighted by molar-refractivity contribution is 0.102. The first-order valence-electron chi connectivity index (χ1n) is 11.4. The van der Waals surface area contributed by atoms with E-state index in [1.54, 1.807) is 30.5 Å². The van der Waals surface area contributed by atoms with E-state index >= 15 is 0 Å². The van der Waals surface area contributed by atoms with Gasteiger partial charge in [0.1, 0.15) is 28.8 Å². The van der Waals surface area contributed by atoms with Crippen molar-refractivity contribution < 1.29 is 14.3 Å². The van der Waals surface area contributed by atoms with Crippen LogP contribution in [-0.2, 0) is 0 Å². The molecule has 0 spiro atoms. The number of anilines is 3. The molecule has 6 heteroatoms. The van der Waals surface area contributed by atoms with Crippen molar-refractivity contribution in [3.8, 4) is 23.0 Å². The Balaban J connectivity index is 1.24. The minimum atomic E-state index is -0.272. The Morgan fingerprint density at radius 3 is 1.61 bits per heavy atom. The Bertz CT molecular complexity index is 1420. The van der Waals surface area contributed by atoms with Crippen LogP contribution in [0.25, 0.3) is 0 Å². The van der Waals surface area contributed by atoms with Crippen molar-refractivity contribution in [1.82, 2.24) is 4.98 Å². The van der Waals surface area contributed by atoms with Gasteiger partial charge in [0.25, 0.3) is 5.91 Å². The third-order valence-corrected chi connectivity index (χ3v) is 5.24. The molecule has 0 bridgehead atoms. The van der Waals surface area contributed by atoms with Gasteiger partial charge in [-0.3, -0.25) is 4.79 Å². The van der Waals surface area contributed by atoms with E-state index in [1.807, 2.05) is 97.1 Å². The van der Waals surface area contributed by atoms with Crippen molar-refractivity contribution in [1.29, 1.82) is 0 Å². The number of amides is 1. The van der Waals surface area contributed by atoms with Gasteiger partial charge in [-0.2, -0.15) is 0 Å². The number of hydrogen-bond donors (Lipinski definition) is 2. The van der Waals surface area contributed by atoms with Crippen molar-refractivity contribution in [2.24, 2.45) is 0 Å². The number of carbonyl (C=O) groups is 1. The Hall–Kier alpha value is -5.10. The molecule has 5 rings (SSSR count). The summed E-state index contributed by atoms with van der Waals surface area (Å²) >= 11 is 0. The van der Waals surface area contributed by atoms with Gasteiger partial charge in [0.15, 0.2) is 0 Å². The molecule has 0 aliphatic rings. The number of benzene rings is 4. The molecule has 176 valence electrons. The highest BCUT2D eigenvalue weighted by Gasteiger charge is 2.13. The Labute approximate surface area is 209 Å². The van der Waals surface area contributed by atoms with Gasteiger partial charge >= 0.3 is 0 Å².